The van der Waals surface area contributed by atoms with Crippen molar-refractivity contribution in [3.8, 4) is 0 Å². The van der Waals surface area contributed by atoms with Gasteiger partial charge in [-0.15, -0.1) is 11.6 Å². The molecule has 2 atom stereocenters. The van der Waals surface area contributed by atoms with Crippen LogP contribution in [0.2, 0.25) is 0 Å². The minimum atomic E-state index is -0.825. The van der Waals surface area contributed by atoms with Gasteiger partial charge in [0, 0.05) is 18.8 Å². The van der Waals surface area contributed by atoms with Crippen molar-refractivity contribution in [3.05, 3.63) is 34.7 Å². The molecule has 0 bridgehead atoms. The summed E-state index contributed by atoms with van der Waals surface area (Å²) in [5.74, 6) is -0.342. The van der Waals surface area contributed by atoms with Crippen LogP contribution < -0.4 is 10.9 Å². The summed E-state index contributed by atoms with van der Waals surface area (Å²) in [5, 5.41) is 11.5. The van der Waals surface area contributed by atoms with E-state index in [2.05, 4.69) is 5.32 Å². The Kier molecular flexibility index (Phi) is 5.18. The molecule has 17 heavy (non-hydrogen) atoms. The second-order valence-corrected chi connectivity index (χ2v) is 4.36. The Hall–Kier alpha value is -1.33. The van der Waals surface area contributed by atoms with E-state index in [1.807, 2.05) is 0 Å². The molecule has 1 amide bonds. The van der Waals surface area contributed by atoms with E-state index < -0.39 is 11.5 Å². The van der Waals surface area contributed by atoms with Gasteiger partial charge in [-0.05, 0) is 13.0 Å². The molecule has 2 unspecified atom stereocenters. The smallest absolute Gasteiger partial charge is 0.250 e. The molecular formula is C11H15ClN2O3. The second kappa shape index (κ2) is 6.42. The van der Waals surface area contributed by atoms with E-state index in [0.29, 0.717) is 0 Å². The normalized spacial score (nSPS) is 14.1. The van der Waals surface area contributed by atoms with E-state index in [1.165, 1.54) is 10.6 Å². The third-order valence-electron chi connectivity index (χ3n) is 2.18. The Balaban J connectivity index is 2.45. The standard InChI is InChI=1S/C11H15ClN2O3/c1-8(12)11(17)13-6-9(15)7-14-5-3-2-4-10(14)16/h2-5,8-9,15H,6-7H2,1H3,(H,13,17). The Morgan fingerprint density at radius 1 is 1.59 bits per heavy atom. The van der Waals surface area contributed by atoms with Gasteiger partial charge in [0.25, 0.3) is 5.56 Å². The van der Waals surface area contributed by atoms with Crippen LogP contribution in [0.1, 0.15) is 6.92 Å². The molecule has 1 heterocycles. The summed E-state index contributed by atoms with van der Waals surface area (Å²) < 4.78 is 1.38. The second-order valence-electron chi connectivity index (χ2n) is 3.71. The number of hydrogen-bond acceptors (Lipinski definition) is 3. The van der Waals surface area contributed by atoms with Crippen LogP contribution in [0, 0.1) is 0 Å². The fourth-order valence-electron chi connectivity index (χ4n) is 1.26. The van der Waals surface area contributed by atoms with Gasteiger partial charge in [0.15, 0.2) is 0 Å². The Labute approximate surface area is 104 Å². The third kappa shape index (κ3) is 4.58. The van der Waals surface area contributed by atoms with Gasteiger partial charge in [0.1, 0.15) is 5.38 Å². The Morgan fingerprint density at radius 2 is 2.29 bits per heavy atom. The zero-order valence-electron chi connectivity index (χ0n) is 9.47. The molecular weight excluding hydrogens is 244 g/mol. The third-order valence-corrected chi connectivity index (χ3v) is 2.38. The quantitative estimate of drug-likeness (QED) is 0.728. The lowest BCUT2D eigenvalue weighted by Gasteiger charge is -2.13. The monoisotopic (exact) mass is 258 g/mol. The van der Waals surface area contributed by atoms with Crippen LogP contribution in [0.25, 0.3) is 0 Å². The van der Waals surface area contributed by atoms with E-state index in [1.54, 1.807) is 25.3 Å². The number of alkyl halides is 1. The highest BCUT2D eigenvalue weighted by atomic mass is 35.5. The largest absolute Gasteiger partial charge is 0.389 e. The van der Waals surface area contributed by atoms with Crippen LogP contribution in [-0.4, -0.2) is 33.6 Å². The maximum Gasteiger partial charge on any atom is 0.250 e. The van der Waals surface area contributed by atoms with Gasteiger partial charge >= 0.3 is 0 Å². The van der Waals surface area contributed by atoms with Crippen LogP contribution in [0.15, 0.2) is 29.2 Å². The van der Waals surface area contributed by atoms with E-state index in [9.17, 15) is 14.7 Å². The number of halogens is 1. The summed E-state index contributed by atoms with van der Waals surface area (Å²) in [7, 11) is 0. The number of amides is 1. The van der Waals surface area contributed by atoms with E-state index in [0.717, 1.165) is 0 Å². The molecule has 0 saturated heterocycles. The fraction of sp³-hybridized carbons (Fsp3) is 0.455. The number of nitrogens with one attached hydrogen (secondary N) is 1. The Morgan fingerprint density at radius 3 is 2.88 bits per heavy atom. The predicted molar refractivity (Wildman–Crippen MR) is 65.0 cm³/mol. The van der Waals surface area contributed by atoms with Crippen LogP contribution in [-0.2, 0) is 11.3 Å². The summed E-state index contributed by atoms with van der Waals surface area (Å²) >= 11 is 5.55. The van der Waals surface area contributed by atoms with Crippen molar-refractivity contribution in [1.82, 2.24) is 9.88 Å². The molecule has 0 aromatic carbocycles. The molecule has 6 heteroatoms. The number of nitrogens with zero attached hydrogens (tertiary/aromatic N) is 1. The maximum absolute atomic E-state index is 11.3. The van der Waals surface area contributed by atoms with Crippen LogP contribution >= 0.6 is 11.6 Å². The van der Waals surface area contributed by atoms with E-state index in [-0.39, 0.29) is 24.6 Å². The molecule has 0 radical (unpaired) electrons. The van der Waals surface area contributed by atoms with Gasteiger partial charge in [0.2, 0.25) is 5.91 Å². The topological polar surface area (TPSA) is 71.3 Å². The van der Waals surface area contributed by atoms with Crippen molar-refractivity contribution in [2.24, 2.45) is 0 Å². The van der Waals surface area contributed by atoms with Gasteiger partial charge in [-0.25, -0.2) is 0 Å². The summed E-state index contributed by atoms with van der Waals surface area (Å²) in [6, 6.07) is 4.74. The van der Waals surface area contributed by atoms with Crippen molar-refractivity contribution in [3.63, 3.8) is 0 Å². The molecule has 0 fully saturated rings. The van der Waals surface area contributed by atoms with Crippen molar-refractivity contribution in [1.29, 1.82) is 0 Å². The molecule has 1 rings (SSSR count). The minimum absolute atomic E-state index is 0.0667. The lowest BCUT2D eigenvalue weighted by atomic mass is 10.3. The van der Waals surface area contributed by atoms with Crippen molar-refractivity contribution in [2.75, 3.05) is 6.54 Å². The van der Waals surface area contributed by atoms with Crippen LogP contribution in [0.5, 0.6) is 0 Å². The fourth-order valence-corrected chi connectivity index (χ4v) is 1.34. The van der Waals surface area contributed by atoms with Crippen LogP contribution in [0.4, 0.5) is 0 Å². The molecule has 0 spiro atoms. The number of aliphatic hydroxyl groups excluding tert-OH is 1. The first kappa shape index (κ1) is 13.7. The number of aromatic nitrogens is 1. The van der Waals surface area contributed by atoms with Gasteiger partial charge < -0.3 is 15.0 Å². The average molecular weight is 259 g/mol. The Bertz CT molecular complexity index is 431. The predicted octanol–water partition coefficient (Wildman–Crippen LogP) is -0.0473. The van der Waals surface area contributed by atoms with Gasteiger partial charge in [-0.2, -0.15) is 0 Å². The number of carbonyl (C=O) groups is 1. The summed E-state index contributed by atoms with van der Waals surface area (Å²) in [6.07, 6.45) is 0.756. The number of rotatable bonds is 5. The first-order valence-electron chi connectivity index (χ1n) is 5.26. The van der Waals surface area contributed by atoms with Gasteiger partial charge in [-0.3, -0.25) is 9.59 Å². The first-order valence-corrected chi connectivity index (χ1v) is 5.69. The van der Waals surface area contributed by atoms with Crippen LogP contribution in [0.3, 0.4) is 0 Å². The van der Waals surface area contributed by atoms with E-state index in [4.69, 9.17) is 11.6 Å². The molecule has 0 aliphatic rings. The number of hydrogen-bond donors (Lipinski definition) is 2. The highest BCUT2D eigenvalue weighted by Crippen LogP contribution is 1.93. The number of aliphatic hydroxyl groups is 1. The average Bonchev–Trinajstić information content (AvgIpc) is 2.29. The molecule has 0 saturated carbocycles. The summed E-state index contributed by atoms with van der Waals surface area (Å²) in [5.41, 5.74) is -0.191. The number of carbonyl (C=O) groups excluding carboxylic acids is 1. The van der Waals surface area contributed by atoms with Crippen molar-refractivity contribution >= 4 is 17.5 Å². The van der Waals surface area contributed by atoms with E-state index >= 15 is 0 Å². The minimum Gasteiger partial charge on any atom is -0.389 e. The van der Waals surface area contributed by atoms with Crippen molar-refractivity contribution < 1.29 is 9.90 Å². The number of pyridine rings is 1. The highest BCUT2D eigenvalue weighted by molar-refractivity contribution is 6.30. The SMILES string of the molecule is CC(Cl)C(=O)NCC(O)Cn1ccccc1=O. The van der Waals surface area contributed by atoms with Gasteiger partial charge in [0.05, 0.1) is 12.6 Å². The lowest BCUT2D eigenvalue weighted by Crippen LogP contribution is -2.38. The molecule has 0 aliphatic heterocycles. The summed E-state index contributed by atoms with van der Waals surface area (Å²) in [6.45, 7) is 1.75. The highest BCUT2D eigenvalue weighted by Gasteiger charge is 2.11. The maximum atomic E-state index is 11.3. The van der Waals surface area contributed by atoms with Crippen molar-refractivity contribution in [2.45, 2.75) is 24.9 Å². The molecule has 1 aromatic rings. The molecule has 2 N–H and O–H groups in total. The molecule has 0 aliphatic carbocycles. The first-order chi connectivity index (χ1) is 8.00. The zero-order chi connectivity index (χ0) is 12.8. The molecule has 94 valence electrons. The molecule has 1 aromatic heterocycles. The molecule has 5 nitrogen and oxygen atoms in total. The lowest BCUT2D eigenvalue weighted by molar-refractivity contribution is -0.120. The summed E-state index contributed by atoms with van der Waals surface area (Å²) in [4.78, 5) is 22.5. The zero-order valence-corrected chi connectivity index (χ0v) is 10.2. The van der Waals surface area contributed by atoms with Gasteiger partial charge in [-0.1, -0.05) is 6.07 Å².